The van der Waals surface area contributed by atoms with E-state index >= 15 is 0 Å². The van der Waals surface area contributed by atoms with E-state index in [1.807, 2.05) is 0 Å². The second-order valence-corrected chi connectivity index (χ2v) is 12.0. The average Bonchev–Trinajstić information content (AvgIpc) is 3.04. The summed E-state index contributed by atoms with van der Waals surface area (Å²) >= 11 is 0. The first kappa shape index (κ1) is 22.6. The normalized spacial score (nSPS) is 46.6. The highest BCUT2D eigenvalue weighted by molar-refractivity contribution is 5.40. The van der Waals surface area contributed by atoms with Crippen molar-refractivity contribution in [2.24, 2.45) is 40.4 Å². The Labute approximate surface area is 183 Å². The minimum absolute atomic E-state index is 0.294. The molecule has 0 aromatic carbocycles. The molecule has 4 aliphatic rings. The lowest BCUT2D eigenvalue weighted by Gasteiger charge is -2.57. The van der Waals surface area contributed by atoms with E-state index < -0.39 is 23.7 Å². The van der Waals surface area contributed by atoms with Crippen LogP contribution in [0.2, 0.25) is 0 Å². The zero-order valence-electron chi connectivity index (χ0n) is 19.8. The molecular formula is C27H44O3. The highest BCUT2D eigenvalue weighted by Gasteiger charge is 2.60. The SMILES string of the molecule is CC(C)CCC[C@@H](C)[C@H]1CC[C@H]2C3=CC=C4CC(O)[C@H](O)[C@H](O)[C@]4(C)[C@H]3CC[C@]12C. The van der Waals surface area contributed by atoms with Gasteiger partial charge in [0.15, 0.2) is 0 Å². The van der Waals surface area contributed by atoms with E-state index in [0.717, 1.165) is 29.7 Å². The molecular weight excluding hydrogens is 372 g/mol. The summed E-state index contributed by atoms with van der Waals surface area (Å²) in [6.07, 6.45) is 11.1. The van der Waals surface area contributed by atoms with Gasteiger partial charge in [0.25, 0.3) is 0 Å². The van der Waals surface area contributed by atoms with Gasteiger partial charge >= 0.3 is 0 Å². The van der Waals surface area contributed by atoms with Crippen LogP contribution in [-0.2, 0) is 0 Å². The Morgan fingerprint density at radius 2 is 1.70 bits per heavy atom. The molecule has 3 heteroatoms. The zero-order chi connectivity index (χ0) is 21.8. The Morgan fingerprint density at radius 1 is 0.967 bits per heavy atom. The van der Waals surface area contributed by atoms with Crippen LogP contribution in [0.3, 0.4) is 0 Å². The standard InChI is InChI=1S/C27H44O3/c1-16(2)7-6-8-17(3)20-11-12-21-19-10-9-18-15-23(28)24(29)25(30)27(18,5)22(19)13-14-26(20,21)4/h9-10,16-17,20-25,28-30H,6-8,11-15H2,1-5H3/t17-,20-,21+,22+,23?,24+,25+,26-,27+/m1/s1. The minimum atomic E-state index is -1.04. The van der Waals surface area contributed by atoms with Crippen LogP contribution in [0.25, 0.3) is 0 Å². The summed E-state index contributed by atoms with van der Waals surface area (Å²) in [5.74, 6) is 3.25. The predicted octanol–water partition coefficient (Wildman–Crippen LogP) is 5.25. The Bertz CT molecular complexity index is 709. The van der Waals surface area contributed by atoms with E-state index in [0.29, 0.717) is 23.7 Å². The fourth-order valence-electron chi connectivity index (χ4n) is 8.09. The Kier molecular flexibility index (Phi) is 6.05. The van der Waals surface area contributed by atoms with Crippen LogP contribution in [0.15, 0.2) is 23.3 Å². The number of aliphatic hydroxyl groups excluding tert-OH is 3. The number of hydrogen-bond donors (Lipinski definition) is 3. The number of hydrogen-bond acceptors (Lipinski definition) is 3. The summed E-state index contributed by atoms with van der Waals surface area (Å²) < 4.78 is 0. The van der Waals surface area contributed by atoms with Crippen molar-refractivity contribution in [1.29, 1.82) is 0 Å². The maximum absolute atomic E-state index is 11.1. The van der Waals surface area contributed by atoms with Crippen LogP contribution in [0.1, 0.15) is 86.0 Å². The lowest BCUT2D eigenvalue weighted by Crippen LogP contribution is -2.58. The van der Waals surface area contributed by atoms with E-state index in [-0.39, 0.29) is 0 Å². The number of fused-ring (bicyclic) bond motifs is 5. The molecule has 0 aromatic rings. The Morgan fingerprint density at radius 3 is 2.40 bits per heavy atom. The van der Waals surface area contributed by atoms with Gasteiger partial charge in [-0.2, -0.15) is 0 Å². The summed E-state index contributed by atoms with van der Waals surface area (Å²) in [6.45, 7) is 11.8. The highest BCUT2D eigenvalue weighted by Crippen LogP contribution is 2.66. The fourth-order valence-corrected chi connectivity index (χ4v) is 8.09. The molecule has 9 atom stereocenters. The fraction of sp³-hybridized carbons (Fsp3) is 0.852. The van der Waals surface area contributed by atoms with Gasteiger partial charge in [-0.1, -0.05) is 77.2 Å². The van der Waals surface area contributed by atoms with Gasteiger partial charge in [-0.25, -0.2) is 0 Å². The summed E-state index contributed by atoms with van der Waals surface area (Å²) in [6, 6.07) is 0. The molecule has 0 saturated heterocycles. The average molecular weight is 417 g/mol. The molecule has 0 radical (unpaired) electrons. The maximum Gasteiger partial charge on any atom is 0.107 e. The third kappa shape index (κ3) is 3.35. The van der Waals surface area contributed by atoms with Crippen molar-refractivity contribution in [2.45, 2.75) is 104 Å². The predicted molar refractivity (Wildman–Crippen MR) is 122 cm³/mol. The molecule has 3 nitrogen and oxygen atoms in total. The molecule has 3 saturated carbocycles. The van der Waals surface area contributed by atoms with E-state index in [4.69, 9.17) is 0 Å². The minimum Gasteiger partial charge on any atom is -0.390 e. The molecule has 0 heterocycles. The van der Waals surface area contributed by atoms with E-state index in [1.54, 1.807) is 0 Å². The highest BCUT2D eigenvalue weighted by atomic mass is 16.4. The van der Waals surface area contributed by atoms with Crippen molar-refractivity contribution >= 4 is 0 Å². The molecule has 0 aromatic heterocycles. The quantitative estimate of drug-likeness (QED) is 0.573. The second kappa shape index (κ2) is 8.05. The molecule has 4 rings (SSSR count). The summed E-state index contributed by atoms with van der Waals surface area (Å²) in [5, 5.41) is 31.7. The molecule has 4 aliphatic carbocycles. The smallest absolute Gasteiger partial charge is 0.107 e. The second-order valence-electron chi connectivity index (χ2n) is 12.0. The topological polar surface area (TPSA) is 60.7 Å². The molecule has 1 unspecified atom stereocenters. The van der Waals surface area contributed by atoms with Crippen molar-refractivity contribution in [3.8, 4) is 0 Å². The molecule has 3 fully saturated rings. The van der Waals surface area contributed by atoms with Crippen LogP contribution < -0.4 is 0 Å². The lowest BCUT2D eigenvalue weighted by molar-refractivity contribution is -0.137. The van der Waals surface area contributed by atoms with Crippen LogP contribution in [-0.4, -0.2) is 33.6 Å². The molecule has 0 amide bonds. The van der Waals surface area contributed by atoms with Crippen molar-refractivity contribution in [3.63, 3.8) is 0 Å². The van der Waals surface area contributed by atoms with Crippen molar-refractivity contribution in [3.05, 3.63) is 23.3 Å². The summed E-state index contributed by atoms with van der Waals surface area (Å²) in [7, 11) is 0. The summed E-state index contributed by atoms with van der Waals surface area (Å²) in [4.78, 5) is 0. The first-order valence-electron chi connectivity index (χ1n) is 12.6. The Hall–Kier alpha value is -0.640. The molecule has 170 valence electrons. The zero-order valence-corrected chi connectivity index (χ0v) is 19.8. The van der Waals surface area contributed by atoms with Gasteiger partial charge < -0.3 is 15.3 Å². The summed E-state index contributed by atoms with van der Waals surface area (Å²) in [5.41, 5.74) is 2.57. The van der Waals surface area contributed by atoms with Gasteiger partial charge in [0.2, 0.25) is 0 Å². The third-order valence-electron chi connectivity index (χ3n) is 9.97. The maximum atomic E-state index is 11.1. The monoisotopic (exact) mass is 416 g/mol. The van der Waals surface area contributed by atoms with Crippen molar-refractivity contribution < 1.29 is 15.3 Å². The van der Waals surface area contributed by atoms with Gasteiger partial charge in [-0.05, 0) is 67.1 Å². The molecule has 30 heavy (non-hydrogen) atoms. The molecule has 0 aliphatic heterocycles. The first-order chi connectivity index (χ1) is 14.1. The van der Waals surface area contributed by atoms with Crippen LogP contribution >= 0.6 is 0 Å². The van der Waals surface area contributed by atoms with Gasteiger partial charge in [0.1, 0.15) is 6.10 Å². The largest absolute Gasteiger partial charge is 0.390 e. The van der Waals surface area contributed by atoms with E-state index in [2.05, 4.69) is 46.8 Å². The first-order valence-corrected chi connectivity index (χ1v) is 12.6. The van der Waals surface area contributed by atoms with Crippen LogP contribution in [0.4, 0.5) is 0 Å². The number of rotatable bonds is 5. The van der Waals surface area contributed by atoms with Gasteiger partial charge in [-0.15, -0.1) is 0 Å². The number of allylic oxidation sites excluding steroid dienone is 3. The van der Waals surface area contributed by atoms with Crippen molar-refractivity contribution in [1.82, 2.24) is 0 Å². The number of aliphatic hydroxyl groups is 3. The van der Waals surface area contributed by atoms with Crippen LogP contribution in [0.5, 0.6) is 0 Å². The third-order valence-corrected chi connectivity index (χ3v) is 9.97. The van der Waals surface area contributed by atoms with Crippen molar-refractivity contribution in [2.75, 3.05) is 0 Å². The molecule has 3 N–H and O–H groups in total. The molecule has 0 bridgehead atoms. The van der Waals surface area contributed by atoms with Gasteiger partial charge in [0.05, 0.1) is 12.2 Å². The van der Waals surface area contributed by atoms with E-state index in [9.17, 15) is 15.3 Å². The van der Waals surface area contributed by atoms with E-state index in [1.165, 1.54) is 44.1 Å². The Balaban J connectivity index is 1.57. The van der Waals surface area contributed by atoms with Gasteiger partial charge in [-0.3, -0.25) is 0 Å². The molecule has 0 spiro atoms. The van der Waals surface area contributed by atoms with Crippen LogP contribution in [0, 0.1) is 40.4 Å². The van der Waals surface area contributed by atoms with Gasteiger partial charge in [0, 0.05) is 5.41 Å². The lowest BCUT2D eigenvalue weighted by atomic mass is 9.49.